The molecule has 25 heavy (non-hydrogen) atoms. The van der Waals surface area contributed by atoms with Gasteiger partial charge in [0.2, 0.25) is 5.76 Å². The van der Waals surface area contributed by atoms with E-state index in [1.54, 1.807) is 24.9 Å². The average molecular weight is 363 g/mol. The highest BCUT2D eigenvalue weighted by atomic mass is 32.1. The van der Waals surface area contributed by atoms with E-state index >= 15 is 0 Å². The number of anilines is 1. The Morgan fingerprint density at radius 1 is 1.36 bits per heavy atom. The van der Waals surface area contributed by atoms with Crippen LogP contribution in [-0.2, 0) is 9.53 Å². The molecular weight excluding hydrogens is 342 g/mol. The summed E-state index contributed by atoms with van der Waals surface area (Å²) in [7, 11) is 0. The van der Waals surface area contributed by atoms with E-state index in [0.717, 1.165) is 25.7 Å². The van der Waals surface area contributed by atoms with Gasteiger partial charge in [-0.25, -0.2) is 9.78 Å². The van der Waals surface area contributed by atoms with Gasteiger partial charge in [-0.2, -0.15) is 0 Å². The van der Waals surface area contributed by atoms with Crippen LogP contribution in [0.3, 0.4) is 0 Å². The average Bonchev–Trinajstić information content (AvgIpc) is 3.28. The van der Waals surface area contributed by atoms with E-state index < -0.39 is 12.1 Å². The number of esters is 1. The van der Waals surface area contributed by atoms with Gasteiger partial charge in [0, 0.05) is 23.7 Å². The summed E-state index contributed by atoms with van der Waals surface area (Å²) >= 11 is 1.41. The van der Waals surface area contributed by atoms with Crippen LogP contribution in [0.25, 0.3) is 0 Å². The number of carbonyl (C=O) groups is 2. The number of aryl methyl sites for hydroxylation is 1. The van der Waals surface area contributed by atoms with Gasteiger partial charge in [0.05, 0.1) is 5.69 Å². The maximum absolute atomic E-state index is 13.0. The van der Waals surface area contributed by atoms with Crippen LogP contribution in [0, 0.1) is 6.92 Å². The Kier molecular flexibility index (Phi) is 5.47. The molecule has 1 amide bonds. The zero-order valence-electron chi connectivity index (χ0n) is 14.3. The molecule has 8 heteroatoms. The van der Waals surface area contributed by atoms with Crippen LogP contribution in [0.4, 0.5) is 5.13 Å². The Hall–Kier alpha value is -2.22. The fourth-order valence-corrected chi connectivity index (χ4v) is 3.75. The lowest BCUT2D eigenvalue weighted by Crippen LogP contribution is -2.47. The SMILES string of the molecule is Cc1cc(C(=O)OC(C)C(=O)N(c2nccs2)C2CCCCC2)on1. The van der Waals surface area contributed by atoms with Crippen LogP contribution in [0.2, 0.25) is 0 Å². The maximum Gasteiger partial charge on any atom is 0.377 e. The van der Waals surface area contributed by atoms with Crippen molar-refractivity contribution in [3.05, 3.63) is 29.1 Å². The molecule has 1 aliphatic carbocycles. The molecule has 7 nitrogen and oxygen atoms in total. The minimum absolute atomic E-state index is 0.00406. The number of amides is 1. The van der Waals surface area contributed by atoms with Gasteiger partial charge in [-0.1, -0.05) is 24.4 Å². The van der Waals surface area contributed by atoms with Crippen LogP contribution in [0.5, 0.6) is 0 Å². The number of ether oxygens (including phenoxy) is 1. The van der Waals surface area contributed by atoms with Crippen LogP contribution in [0.15, 0.2) is 22.2 Å². The summed E-state index contributed by atoms with van der Waals surface area (Å²) in [5, 5.41) is 6.15. The lowest BCUT2D eigenvalue weighted by atomic mass is 9.94. The predicted octanol–water partition coefficient (Wildman–Crippen LogP) is 3.35. The van der Waals surface area contributed by atoms with Crippen molar-refractivity contribution in [2.75, 3.05) is 4.90 Å². The van der Waals surface area contributed by atoms with E-state index in [-0.39, 0.29) is 17.7 Å². The topological polar surface area (TPSA) is 85.5 Å². The molecule has 0 aliphatic heterocycles. The molecule has 1 atom stereocenters. The molecule has 0 radical (unpaired) electrons. The summed E-state index contributed by atoms with van der Waals surface area (Å²) in [6.45, 7) is 3.29. The second kappa shape index (κ2) is 7.77. The number of thiazole rings is 1. The highest BCUT2D eigenvalue weighted by molar-refractivity contribution is 7.13. The van der Waals surface area contributed by atoms with Crippen molar-refractivity contribution in [3.8, 4) is 0 Å². The van der Waals surface area contributed by atoms with E-state index in [1.807, 2.05) is 5.38 Å². The van der Waals surface area contributed by atoms with Crippen molar-refractivity contribution in [1.82, 2.24) is 10.1 Å². The van der Waals surface area contributed by atoms with Crippen molar-refractivity contribution in [1.29, 1.82) is 0 Å². The summed E-state index contributed by atoms with van der Waals surface area (Å²) < 4.78 is 10.2. The first kappa shape index (κ1) is 17.6. The van der Waals surface area contributed by atoms with Crippen LogP contribution >= 0.6 is 11.3 Å². The summed E-state index contributed by atoms with van der Waals surface area (Å²) in [6, 6.07) is 1.58. The molecule has 2 aromatic rings. The molecule has 2 heterocycles. The predicted molar refractivity (Wildman–Crippen MR) is 92.6 cm³/mol. The van der Waals surface area contributed by atoms with Crippen molar-refractivity contribution in [2.45, 2.75) is 58.1 Å². The van der Waals surface area contributed by atoms with Crippen LogP contribution in [-0.4, -0.2) is 34.2 Å². The molecule has 0 bridgehead atoms. The smallest absolute Gasteiger partial charge is 0.377 e. The molecular formula is C17H21N3O4S. The largest absolute Gasteiger partial charge is 0.447 e. The summed E-state index contributed by atoms with van der Waals surface area (Å²) in [5.74, 6) is -0.953. The molecule has 134 valence electrons. The normalized spacial score (nSPS) is 16.4. The number of carbonyl (C=O) groups excluding carboxylic acids is 2. The van der Waals surface area contributed by atoms with Gasteiger partial charge < -0.3 is 9.26 Å². The Balaban J connectivity index is 1.73. The highest BCUT2D eigenvalue weighted by Gasteiger charge is 2.33. The fourth-order valence-electron chi connectivity index (χ4n) is 3.03. The van der Waals surface area contributed by atoms with Crippen LogP contribution < -0.4 is 4.90 Å². The summed E-state index contributed by atoms with van der Waals surface area (Å²) in [5.41, 5.74) is 0.581. The molecule has 1 saturated carbocycles. The Labute approximate surface area is 150 Å². The third-order valence-corrected chi connectivity index (χ3v) is 5.03. The first-order valence-corrected chi connectivity index (χ1v) is 9.31. The monoisotopic (exact) mass is 363 g/mol. The molecule has 1 aliphatic rings. The minimum Gasteiger partial charge on any atom is -0.447 e. The van der Waals surface area contributed by atoms with Gasteiger partial charge in [0.25, 0.3) is 5.91 Å². The molecule has 0 N–H and O–H groups in total. The molecule has 2 aromatic heterocycles. The molecule has 0 aromatic carbocycles. The quantitative estimate of drug-likeness (QED) is 0.757. The molecule has 0 saturated heterocycles. The number of aromatic nitrogens is 2. The molecule has 0 spiro atoms. The Bertz CT molecular complexity index is 722. The number of hydrogen-bond acceptors (Lipinski definition) is 7. The second-order valence-electron chi connectivity index (χ2n) is 6.19. The first-order valence-electron chi connectivity index (χ1n) is 8.43. The van der Waals surface area contributed by atoms with Gasteiger partial charge in [-0.05, 0) is 26.7 Å². The zero-order chi connectivity index (χ0) is 17.8. The lowest BCUT2D eigenvalue weighted by Gasteiger charge is -2.33. The third kappa shape index (κ3) is 4.07. The number of rotatable bonds is 5. The molecule has 1 unspecified atom stereocenters. The standard InChI is InChI=1S/C17H21N3O4S/c1-11-10-14(24-19-11)16(22)23-12(2)15(21)20(17-18-8-9-25-17)13-6-4-3-5-7-13/h8-10,12-13H,3-7H2,1-2H3. The fraction of sp³-hybridized carbons (Fsp3) is 0.529. The molecule has 1 fully saturated rings. The Morgan fingerprint density at radius 3 is 2.72 bits per heavy atom. The van der Waals surface area contributed by atoms with E-state index in [4.69, 9.17) is 9.26 Å². The highest BCUT2D eigenvalue weighted by Crippen LogP contribution is 2.29. The van der Waals surface area contributed by atoms with Gasteiger partial charge >= 0.3 is 5.97 Å². The van der Waals surface area contributed by atoms with Crippen molar-refractivity contribution < 1.29 is 18.8 Å². The van der Waals surface area contributed by atoms with Crippen molar-refractivity contribution in [2.24, 2.45) is 0 Å². The molecule has 3 rings (SSSR count). The first-order chi connectivity index (χ1) is 12.1. The van der Waals surface area contributed by atoms with E-state index in [0.29, 0.717) is 10.8 Å². The Morgan fingerprint density at radius 2 is 2.12 bits per heavy atom. The number of nitrogens with zero attached hydrogens (tertiary/aromatic N) is 3. The van der Waals surface area contributed by atoms with Gasteiger partial charge in [-0.3, -0.25) is 9.69 Å². The minimum atomic E-state index is -0.927. The summed E-state index contributed by atoms with van der Waals surface area (Å²) in [6.07, 6.45) is 5.99. The number of hydrogen-bond donors (Lipinski definition) is 0. The van der Waals surface area contributed by atoms with E-state index in [1.165, 1.54) is 23.8 Å². The van der Waals surface area contributed by atoms with Crippen molar-refractivity contribution in [3.63, 3.8) is 0 Å². The van der Waals surface area contributed by atoms with E-state index in [2.05, 4.69) is 10.1 Å². The van der Waals surface area contributed by atoms with Gasteiger partial charge in [0.15, 0.2) is 11.2 Å². The second-order valence-corrected chi connectivity index (χ2v) is 7.07. The van der Waals surface area contributed by atoms with Gasteiger partial charge in [-0.15, -0.1) is 11.3 Å². The van der Waals surface area contributed by atoms with Gasteiger partial charge in [0.1, 0.15) is 0 Å². The third-order valence-electron chi connectivity index (χ3n) is 4.26. The maximum atomic E-state index is 13.0. The van der Waals surface area contributed by atoms with Crippen molar-refractivity contribution >= 4 is 28.3 Å². The van der Waals surface area contributed by atoms with Crippen LogP contribution in [0.1, 0.15) is 55.3 Å². The van der Waals surface area contributed by atoms with E-state index in [9.17, 15) is 9.59 Å². The zero-order valence-corrected chi connectivity index (χ0v) is 15.1. The lowest BCUT2D eigenvalue weighted by molar-refractivity contribution is -0.127. The summed E-state index contributed by atoms with van der Waals surface area (Å²) in [4.78, 5) is 31.1.